The van der Waals surface area contributed by atoms with Crippen molar-refractivity contribution in [3.8, 4) is 17.6 Å². The number of primary sulfonamides is 1. The fourth-order valence-corrected chi connectivity index (χ4v) is 1.78. The molecule has 0 radical (unpaired) electrons. The first-order valence-electron chi connectivity index (χ1n) is 4.91. The van der Waals surface area contributed by atoms with Crippen LogP contribution in [0.25, 0.3) is 0 Å². The largest absolute Gasteiger partial charge is 0.489 e. The van der Waals surface area contributed by atoms with Crippen molar-refractivity contribution >= 4 is 10.0 Å². The average Bonchev–Trinajstić information content (AvgIpc) is 2.28. The molecule has 0 unspecified atom stereocenters. The van der Waals surface area contributed by atoms with Gasteiger partial charge in [-0.15, -0.1) is 11.8 Å². The van der Waals surface area contributed by atoms with Crippen molar-refractivity contribution < 1.29 is 21.9 Å². The molecule has 0 amide bonds. The van der Waals surface area contributed by atoms with E-state index in [1.807, 2.05) is 0 Å². The molecule has 1 aromatic carbocycles. The summed E-state index contributed by atoms with van der Waals surface area (Å²) in [5.74, 6) is 1.99. The highest BCUT2D eigenvalue weighted by atomic mass is 32.2. The third-order valence-electron chi connectivity index (χ3n) is 1.98. The molecule has 1 aromatic rings. The minimum absolute atomic E-state index is 0.0753. The van der Waals surface area contributed by atoms with Gasteiger partial charge in [0.1, 0.15) is 4.90 Å². The molecule has 2 N–H and O–H groups in total. The minimum Gasteiger partial charge on any atom is -0.489 e. The number of nitrogens with two attached hydrogens (primary N) is 1. The van der Waals surface area contributed by atoms with E-state index in [1.165, 1.54) is 0 Å². The Labute approximate surface area is 104 Å². The molecule has 0 aliphatic heterocycles. The summed E-state index contributed by atoms with van der Waals surface area (Å²) < 4.78 is 53.6. The average molecular weight is 275 g/mol. The van der Waals surface area contributed by atoms with Crippen LogP contribution in [0.15, 0.2) is 17.0 Å². The molecule has 7 heteroatoms. The smallest absolute Gasteiger partial charge is 0.241 e. The van der Waals surface area contributed by atoms with Gasteiger partial charge in [-0.3, -0.25) is 0 Å². The van der Waals surface area contributed by atoms with Gasteiger partial charge in [-0.1, -0.05) is 0 Å². The molecule has 0 saturated heterocycles. The van der Waals surface area contributed by atoms with Crippen LogP contribution in [0.3, 0.4) is 0 Å². The molecule has 0 fully saturated rings. The lowest BCUT2D eigenvalue weighted by molar-refractivity contribution is 0.301. The number of rotatable bonds is 4. The molecule has 0 bridgehead atoms. The van der Waals surface area contributed by atoms with E-state index in [0.29, 0.717) is 6.42 Å². The van der Waals surface area contributed by atoms with E-state index < -0.39 is 26.6 Å². The van der Waals surface area contributed by atoms with E-state index >= 15 is 0 Å². The molecule has 0 aliphatic carbocycles. The highest BCUT2D eigenvalue weighted by molar-refractivity contribution is 7.89. The standard InChI is InChI=1S/C11H11F2NO3S/c1-2-3-4-7-17-8-5-6-9(18(14,15)16)11(13)10(8)12/h5-6H,4,7H2,1H3,(H2,14,15,16). The minimum atomic E-state index is -4.29. The van der Waals surface area contributed by atoms with E-state index in [4.69, 9.17) is 9.88 Å². The van der Waals surface area contributed by atoms with E-state index in [9.17, 15) is 17.2 Å². The maximum absolute atomic E-state index is 13.4. The lowest BCUT2D eigenvalue weighted by Crippen LogP contribution is -2.15. The molecule has 0 aliphatic rings. The maximum atomic E-state index is 13.4. The van der Waals surface area contributed by atoms with Crippen LogP contribution in [0.1, 0.15) is 13.3 Å². The number of halogens is 2. The Morgan fingerprint density at radius 3 is 2.56 bits per heavy atom. The monoisotopic (exact) mass is 275 g/mol. The highest BCUT2D eigenvalue weighted by Gasteiger charge is 2.21. The Balaban J connectivity index is 2.97. The van der Waals surface area contributed by atoms with Crippen LogP contribution in [0.2, 0.25) is 0 Å². The molecule has 18 heavy (non-hydrogen) atoms. The molecule has 0 atom stereocenters. The van der Waals surface area contributed by atoms with Crippen molar-refractivity contribution in [2.75, 3.05) is 6.61 Å². The molecule has 0 aromatic heterocycles. The van der Waals surface area contributed by atoms with Crippen molar-refractivity contribution in [2.45, 2.75) is 18.2 Å². The van der Waals surface area contributed by atoms with E-state index in [1.54, 1.807) is 6.92 Å². The van der Waals surface area contributed by atoms with Crippen molar-refractivity contribution in [1.29, 1.82) is 0 Å². The van der Waals surface area contributed by atoms with Gasteiger partial charge in [0.15, 0.2) is 11.6 Å². The number of benzene rings is 1. The Morgan fingerprint density at radius 1 is 1.33 bits per heavy atom. The van der Waals surface area contributed by atoms with Crippen LogP contribution in [-0.4, -0.2) is 15.0 Å². The van der Waals surface area contributed by atoms with E-state index in [0.717, 1.165) is 12.1 Å². The summed E-state index contributed by atoms with van der Waals surface area (Å²) in [7, 11) is -4.29. The summed E-state index contributed by atoms with van der Waals surface area (Å²) in [4.78, 5) is -0.902. The highest BCUT2D eigenvalue weighted by Crippen LogP contribution is 2.24. The lowest BCUT2D eigenvalue weighted by Gasteiger charge is -2.08. The van der Waals surface area contributed by atoms with Crippen molar-refractivity contribution in [2.24, 2.45) is 5.14 Å². The quantitative estimate of drug-likeness (QED) is 0.667. The molecule has 1 rings (SSSR count). The van der Waals surface area contributed by atoms with Gasteiger partial charge >= 0.3 is 0 Å². The Morgan fingerprint density at radius 2 is 2.00 bits per heavy atom. The van der Waals surface area contributed by atoms with Gasteiger partial charge in [0, 0.05) is 6.42 Å². The maximum Gasteiger partial charge on any atom is 0.241 e. The molecule has 4 nitrogen and oxygen atoms in total. The zero-order valence-corrected chi connectivity index (χ0v) is 10.4. The van der Waals surface area contributed by atoms with Gasteiger partial charge in [-0.25, -0.2) is 17.9 Å². The topological polar surface area (TPSA) is 69.4 Å². The summed E-state index contributed by atoms with van der Waals surface area (Å²) in [6.45, 7) is 1.72. The second-order valence-electron chi connectivity index (χ2n) is 3.26. The zero-order valence-electron chi connectivity index (χ0n) is 9.54. The summed E-state index contributed by atoms with van der Waals surface area (Å²) in [6.07, 6.45) is 0.356. The van der Waals surface area contributed by atoms with Gasteiger partial charge in [0.2, 0.25) is 15.8 Å². The zero-order chi connectivity index (χ0) is 13.8. The number of sulfonamides is 1. The van der Waals surface area contributed by atoms with Crippen LogP contribution in [-0.2, 0) is 10.0 Å². The third-order valence-corrected chi connectivity index (χ3v) is 2.91. The molecule has 0 saturated carbocycles. The van der Waals surface area contributed by atoms with E-state index in [2.05, 4.69) is 11.8 Å². The second kappa shape index (κ2) is 5.80. The summed E-state index contributed by atoms with van der Waals surface area (Å²) in [5, 5.41) is 4.72. The van der Waals surface area contributed by atoms with Gasteiger partial charge in [-0.05, 0) is 19.1 Å². The first-order valence-corrected chi connectivity index (χ1v) is 6.45. The van der Waals surface area contributed by atoms with Crippen molar-refractivity contribution in [3.63, 3.8) is 0 Å². The summed E-state index contributed by atoms with van der Waals surface area (Å²) in [5.41, 5.74) is 0. The second-order valence-corrected chi connectivity index (χ2v) is 4.79. The predicted molar refractivity (Wildman–Crippen MR) is 61.3 cm³/mol. The van der Waals surface area contributed by atoms with Crippen molar-refractivity contribution in [1.82, 2.24) is 0 Å². The Bertz CT molecular complexity index is 603. The fourth-order valence-electron chi connectivity index (χ4n) is 1.18. The molecule has 98 valence electrons. The van der Waals surface area contributed by atoms with E-state index in [-0.39, 0.29) is 12.4 Å². The molecule has 0 spiro atoms. The SMILES string of the molecule is CC#CCCOc1ccc(S(N)(=O)=O)c(F)c1F. The molecular formula is C11H11F2NO3S. The first kappa shape index (κ1) is 14.4. The van der Waals surface area contributed by atoms with Crippen molar-refractivity contribution in [3.05, 3.63) is 23.8 Å². The molecule has 0 heterocycles. The first-order chi connectivity index (χ1) is 8.38. The van der Waals surface area contributed by atoms with Crippen LogP contribution < -0.4 is 9.88 Å². The Kier molecular flexibility index (Phi) is 4.64. The lowest BCUT2D eigenvalue weighted by atomic mass is 10.3. The van der Waals surface area contributed by atoms with Gasteiger partial charge in [-0.2, -0.15) is 4.39 Å². The fraction of sp³-hybridized carbons (Fsp3) is 0.273. The third kappa shape index (κ3) is 3.42. The number of hydrogen-bond donors (Lipinski definition) is 1. The van der Waals surface area contributed by atoms with Gasteiger partial charge in [0.05, 0.1) is 6.61 Å². The molecular weight excluding hydrogens is 264 g/mol. The number of hydrogen-bond acceptors (Lipinski definition) is 3. The Hall–Kier alpha value is -1.65. The van der Waals surface area contributed by atoms with Gasteiger partial charge < -0.3 is 4.74 Å². The predicted octanol–water partition coefficient (Wildman–Crippen LogP) is 1.40. The van der Waals surface area contributed by atoms with Crippen LogP contribution >= 0.6 is 0 Å². The van der Waals surface area contributed by atoms with Crippen LogP contribution in [0.4, 0.5) is 8.78 Å². The number of ether oxygens (including phenoxy) is 1. The summed E-state index contributed by atoms with van der Waals surface area (Å²) >= 11 is 0. The normalized spacial score (nSPS) is 10.7. The summed E-state index contributed by atoms with van der Waals surface area (Å²) in [6, 6.07) is 1.87. The van der Waals surface area contributed by atoms with Crippen LogP contribution in [0, 0.1) is 23.5 Å². The van der Waals surface area contributed by atoms with Crippen LogP contribution in [0.5, 0.6) is 5.75 Å². The van der Waals surface area contributed by atoms with Gasteiger partial charge in [0.25, 0.3) is 0 Å².